The van der Waals surface area contributed by atoms with Gasteiger partial charge in [-0.2, -0.15) is 16.8 Å². The Kier molecular flexibility index (Phi) is 5.23. The predicted octanol–water partition coefficient (Wildman–Crippen LogP) is 0.192. The molecule has 0 saturated carbocycles. The molecular weight excluding hydrogens is 330 g/mol. The highest BCUT2D eigenvalue weighted by molar-refractivity contribution is 7.86. The number of nitrogens with zero attached hydrogens (tertiary/aromatic N) is 1. The van der Waals surface area contributed by atoms with E-state index < -0.39 is 32.4 Å². The third-order valence-electron chi connectivity index (χ3n) is 3.14. The fourth-order valence-corrected chi connectivity index (χ4v) is 3.69. The molecule has 0 amide bonds. The molecule has 1 saturated heterocycles. The molecule has 0 N–H and O–H groups in total. The van der Waals surface area contributed by atoms with Gasteiger partial charge in [0.05, 0.1) is 12.5 Å². The lowest BCUT2D eigenvalue weighted by Crippen LogP contribution is -2.33. The maximum absolute atomic E-state index is 11.3. The van der Waals surface area contributed by atoms with Crippen molar-refractivity contribution >= 4 is 20.2 Å². The second kappa shape index (κ2) is 6.63. The Morgan fingerprint density at radius 2 is 1.41 bits per heavy atom. The Hall–Kier alpha value is -1.00. The molecule has 124 valence electrons. The fraction of sp³-hybridized carbons (Fsp3) is 0.538. The molecule has 0 aliphatic carbocycles. The van der Waals surface area contributed by atoms with Crippen LogP contribution in [0.4, 0.5) is 0 Å². The normalized spacial score (nSPS) is 23.7. The highest BCUT2D eigenvalue weighted by Crippen LogP contribution is 2.21. The molecule has 0 spiro atoms. The van der Waals surface area contributed by atoms with E-state index in [1.54, 1.807) is 0 Å². The molecule has 0 radical (unpaired) electrons. The highest BCUT2D eigenvalue weighted by Gasteiger charge is 2.38. The van der Waals surface area contributed by atoms with Crippen molar-refractivity contribution in [1.82, 2.24) is 4.90 Å². The van der Waals surface area contributed by atoms with Gasteiger partial charge < -0.3 is 0 Å². The molecule has 2 rings (SSSR count). The zero-order valence-electron chi connectivity index (χ0n) is 12.4. The lowest BCUT2D eigenvalue weighted by atomic mass is 10.2. The van der Waals surface area contributed by atoms with Crippen LogP contribution < -0.4 is 0 Å². The Morgan fingerprint density at radius 3 is 1.82 bits per heavy atom. The van der Waals surface area contributed by atoms with E-state index in [1.807, 2.05) is 35.2 Å². The Bertz CT molecular complexity index is 659. The minimum atomic E-state index is -3.69. The second-order valence-electron chi connectivity index (χ2n) is 5.36. The molecule has 1 heterocycles. The maximum atomic E-state index is 11.3. The summed E-state index contributed by atoms with van der Waals surface area (Å²) in [6.07, 6.45) is 0.191. The van der Waals surface area contributed by atoms with Gasteiger partial charge in [0.1, 0.15) is 12.2 Å². The first kappa shape index (κ1) is 17.4. The Labute approximate surface area is 131 Å². The SMILES string of the molecule is CS(=O)(=O)OC1CN(Cc2ccccc2)CC1OS(C)(=O)=O. The number of likely N-dealkylation sites (tertiary alicyclic amines) is 1. The van der Waals surface area contributed by atoms with Crippen LogP contribution in [0, 0.1) is 0 Å². The number of hydrogen-bond donors (Lipinski definition) is 0. The monoisotopic (exact) mass is 349 g/mol. The Morgan fingerprint density at radius 1 is 0.955 bits per heavy atom. The lowest BCUT2D eigenvalue weighted by Gasteiger charge is -2.16. The van der Waals surface area contributed by atoms with Crippen LogP contribution >= 0.6 is 0 Å². The van der Waals surface area contributed by atoms with Crippen molar-refractivity contribution < 1.29 is 25.2 Å². The molecule has 1 aliphatic rings. The molecule has 2 unspecified atom stereocenters. The van der Waals surface area contributed by atoms with Gasteiger partial charge >= 0.3 is 0 Å². The molecule has 2 atom stereocenters. The third-order valence-corrected chi connectivity index (χ3v) is 4.33. The van der Waals surface area contributed by atoms with Crippen molar-refractivity contribution in [2.45, 2.75) is 18.8 Å². The van der Waals surface area contributed by atoms with Crippen LogP contribution in [0.3, 0.4) is 0 Å². The molecule has 22 heavy (non-hydrogen) atoms. The van der Waals surface area contributed by atoms with E-state index in [1.165, 1.54) is 0 Å². The molecule has 0 bridgehead atoms. The quantitative estimate of drug-likeness (QED) is 0.677. The number of hydrogen-bond acceptors (Lipinski definition) is 7. The standard InChI is InChI=1S/C13H19NO6S2/c1-21(15,16)19-12-9-14(8-11-6-4-3-5-7-11)10-13(12)20-22(2,17)18/h3-7,12-13H,8-10H2,1-2H3. The van der Waals surface area contributed by atoms with Gasteiger partial charge in [-0.15, -0.1) is 0 Å². The molecular formula is C13H19NO6S2. The lowest BCUT2D eigenvalue weighted by molar-refractivity contribution is 0.102. The van der Waals surface area contributed by atoms with Crippen LogP contribution in [0.15, 0.2) is 30.3 Å². The van der Waals surface area contributed by atoms with E-state index in [0.29, 0.717) is 6.54 Å². The largest absolute Gasteiger partial charge is 0.294 e. The smallest absolute Gasteiger partial charge is 0.264 e. The van der Waals surface area contributed by atoms with Crippen molar-refractivity contribution in [2.24, 2.45) is 0 Å². The van der Waals surface area contributed by atoms with Gasteiger partial charge in [0.25, 0.3) is 20.2 Å². The molecule has 1 aromatic carbocycles. The van der Waals surface area contributed by atoms with Crippen molar-refractivity contribution in [3.8, 4) is 0 Å². The first-order valence-electron chi connectivity index (χ1n) is 6.65. The molecule has 9 heteroatoms. The summed E-state index contributed by atoms with van der Waals surface area (Å²) in [6, 6.07) is 9.59. The van der Waals surface area contributed by atoms with E-state index in [-0.39, 0.29) is 13.1 Å². The number of benzene rings is 1. The van der Waals surface area contributed by atoms with Crippen LogP contribution in [-0.4, -0.2) is 59.5 Å². The minimum absolute atomic E-state index is 0.280. The van der Waals surface area contributed by atoms with Gasteiger partial charge in [-0.25, -0.2) is 0 Å². The molecule has 0 aromatic heterocycles. The van der Waals surface area contributed by atoms with Gasteiger partial charge in [-0.05, 0) is 5.56 Å². The van der Waals surface area contributed by atoms with Crippen molar-refractivity contribution in [3.05, 3.63) is 35.9 Å². The van der Waals surface area contributed by atoms with E-state index in [9.17, 15) is 16.8 Å². The van der Waals surface area contributed by atoms with Gasteiger partial charge in [-0.1, -0.05) is 30.3 Å². The predicted molar refractivity (Wildman–Crippen MR) is 81.2 cm³/mol. The summed E-state index contributed by atoms with van der Waals surface area (Å²) in [4.78, 5) is 1.90. The highest BCUT2D eigenvalue weighted by atomic mass is 32.2. The first-order chi connectivity index (χ1) is 10.1. The summed E-state index contributed by atoms with van der Waals surface area (Å²) in [6.45, 7) is 1.12. The number of rotatable bonds is 6. The van der Waals surface area contributed by atoms with Gasteiger partial charge in [0, 0.05) is 19.6 Å². The minimum Gasteiger partial charge on any atom is -0.294 e. The third kappa shape index (κ3) is 5.65. The molecule has 1 fully saturated rings. The molecule has 7 nitrogen and oxygen atoms in total. The molecule has 1 aromatic rings. The van der Waals surface area contributed by atoms with Crippen LogP contribution in [0.25, 0.3) is 0 Å². The molecule has 1 aliphatic heterocycles. The van der Waals surface area contributed by atoms with Crippen molar-refractivity contribution in [3.63, 3.8) is 0 Å². The van der Waals surface area contributed by atoms with Gasteiger partial charge in [0.15, 0.2) is 0 Å². The second-order valence-corrected chi connectivity index (χ2v) is 8.56. The summed E-state index contributed by atoms with van der Waals surface area (Å²) in [5.41, 5.74) is 1.04. The Balaban J connectivity index is 2.09. The average Bonchev–Trinajstić information content (AvgIpc) is 2.67. The average molecular weight is 349 g/mol. The maximum Gasteiger partial charge on any atom is 0.264 e. The van der Waals surface area contributed by atoms with Gasteiger partial charge in [-0.3, -0.25) is 13.3 Å². The summed E-state index contributed by atoms with van der Waals surface area (Å²) in [5, 5.41) is 0. The van der Waals surface area contributed by atoms with Crippen molar-refractivity contribution in [2.75, 3.05) is 25.6 Å². The summed E-state index contributed by atoms with van der Waals surface area (Å²) < 4.78 is 55.2. The van der Waals surface area contributed by atoms with Gasteiger partial charge in [0.2, 0.25) is 0 Å². The van der Waals surface area contributed by atoms with E-state index >= 15 is 0 Å². The topological polar surface area (TPSA) is 90.0 Å². The zero-order chi connectivity index (χ0) is 16.4. The van der Waals surface area contributed by atoms with Crippen LogP contribution in [0.2, 0.25) is 0 Å². The van der Waals surface area contributed by atoms with Crippen LogP contribution in [-0.2, 0) is 35.1 Å². The van der Waals surface area contributed by atoms with E-state index in [4.69, 9.17) is 8.37 Å². The van der Waals surface area contributed by atoms with Crippen molar-refractivity contribution in [1.29, 1.82) is 0 Å². The van der Waals surface area contributed by atoms with Crippen LogP contribution in [0.5, 0.6) is 0 Å². The summed E-state index contributed by atoms with van der Waals surface area (Å²) in [7, 11) is -7.39. The first-order valence-corrected chi connectivity index (χ1v) is 10.3. The van der Waals surface area contributed by atoms with E-state index in [0.717, 1.165) is 18.1 Å². The summed E-state index contributed by atoms with van der Waals surface area (Å²) >= 11 is 0. The summed E-state index contributed by atoms with van der Waals surface area (Å²) in [5.74, 6) is 0. The zero-order valence-corrected chi connectivity index (χ0v) is 14.0. The fourth-order valence-electron chi connectivity index (χ4n) is 2.42. The van der Waals surface area contributed by atoms with E-state index in [2.05, 4.69) is 0 Å². The van der Waals surface area contributed by atoms with Crippen LogP contribution in [0.1, 0.15) is 5.56 Å².